The first-order valence-electron chi connectivity index (χ1n) is 7.48. The Balaban J connectivity index is 2.18. The number of carbonyl (C=O) groups excluding carboxylic acids is 1. The molecule has 0 aliphatic carbocycles. The third-order valence-corrected chi connectivity index (χ3v) is 3.97. The van der Waals surface area contributed by atoms with Crippen LogP contribution in [0, 0.1) is 0 Å². The van der Waals surface area contributed by atoms with Crippen molar-refractivity contribution < 1.29 is 9.53 Å². The standard InChI is InChI=1S/C20H16ClNO2/c1-24-20(23)22-19-17(14-6-3-2-4-7-14)8-5-9-18(19)15-10-12-16(21)13-11-15/h2-13H,1H3,(H,22,23). The van der Waals surface area contributed by atoms with Gasteiger partial charge in [-0.3, -0.25) is 5.32 Å². The van der Waals surface area contributed by atoms with Crippen molar-refractivity contribution in [1.29, 1.82) is 0 Å². The van der Waals surface area contributed by atoms with Crippen LogP contribution in [0.4, 0.5) is 10.5 Å². The number of amides is 1. The summed E-state index contributed by atoms with van der Waals surface area (Å²) >= 11 is 5.98. The van der Waals surface area contributed by atoms with Gasteiger partial charge in [0.05, 0.1) is 12.8 Å². The first kappa shape index (κ1) is 16.1. The number of carbonyl (C=O) groups is 1. The van der Waals surface area contributed by atoms with E-state index in [9.17, 15) is 4.79 Å². The van der Waals surface area contributed by atoms with Crippen molar-refractivity contribution >= 4 is 23.4 Å². The average molecular weight is 338 g/mol. The molecule has 0 unspecified atom stereocenters. The lowest BCUT2D eigenvalue weighted by molar-refractivity contribution is 0.187. The molecule has 3 rings (SSSR count). The quantitative estimate of drug-likeness (QED) is 0.650. The lowest BCUT2D eigenvalue weighted by atomic mass is 9.96. The van der Waals surface area contributed by atoms with E-state index < -0.39 is 6.09 Å². The number of methoxy groups -OCH3 is 1. The summed E-state index contributed by atoms with van der Waals surface area (Å²) in [5.41, 5.74) is 4.51. The average Bonchev–Trinajstić information content (AvgIpc) is 2.63. The van der Waals surface area contributed by atoms with E-state index in [1.165, 1.54) is 7.11 Å². The van der Waals surface area contributed by atoms with E-state index in [-0.39, 0.29) is 0 Å². The van der Waals surface area contributed by atoms with Crippen LogP contribution in [-0.4, -0.2) is 13.2 Å². The van der Waals surface area contributed by atoms with E-state index in [1.54, 1.807) is 0 Å². The Bertz CT molecular complexity index is 845. The largest absolute Gasteiger partial charge is 0.453 e. The number of benzene rings is 3. The van der Waals surface area contributed by atoms with Gasteiger partial charge < -0.3 is 4.74 Å². The Kier molecular flexibility index (Phi) is 4.82. The van der Waals surface area contributed by atoms with Crippen molar-refractivity contribution in [3.63, 3.8) is 0 Å². The van der Waals surface area contributed by atoms with E-state index in [2.05, 4.69) is 5.32 Å². The fraction of sp³-hybridized carbons (Fsp3) is 0.0500. The number of hydrogen-bond donors (Lipinski definition) is 1. The van der Waals surface area contributed by atoms with Gasteiger partial charge in [-0.2, -0.15) is 0 Å². The van der Waals surface area contributed by atoms with Crippen LogP contribution in [0.5, 0.6) is 0 Å². The topological polar surface area (TPSA) is 38.3 Å². The molecule has 0 aliphatic rings. The highest BCUT2D eigenvalue weighted by Gasteiger charge is 2.14. The van der Waals surface area contributed by atoms with Crippen LogP contribution < -0.4 is 5.32 Å². The normalized spacial score (nSPS) is 10.2. The number of anilines is 1. The predicted octanol–water partition coefficient (Wildman–Crippen LogP) is 5.85. The van der Waals surface area contributed by atoms with Gasteiger partial charge in [-0.05, 0) is 23.3 Å². The molecule has 3 nitrogen and oxygen atoms in total. The number of nitrogens with one attached hydrogen (secondary N) is 1. The Labute approximate surface area is 145 Å². The zero-order valence-electron chi connectivity index (χ0n) is 13.1. The molecule has 0 saturated heterocycles. The Morgan fingerprint density at radius 1 is 0.833 bits per heavy atom. The van der Waals surface area contributed by atoms with Gasteiger partial charge in [-0.25, -0.2) is 4.79 Å². The van der Waals surface area contributed by atoms with E-state index in [0.717, 1.165) is 22.3 Å². The summed E-state index contributed by atoms with van der Waals surface area (Å²) in [6.07, 6.45) is -0.506. The van der Waals surface area contributed by atoms with Gasteiger partial charge >= 0.3 is 6.09 Å². The molecule has 0 bridgehead atoms. The van der Waals surface area contributed by atoms with Crippen molar-refractivity contribution in [3.8, 4) is 22.3 Å². The molecule has 0 heterocycles. The maximum absolute atomic E-state index is 11.8. The van der Waals surface area contributed by atoms with Crippen LogP contribution in [0.3, 0.4) is 0 Å². The molecule has 3 aromatic carbocycles. The minimum absolute atomic E-state index is 0.506. The molecule has 120 valence electrons. The maximum atomic E-state index is 11.8. The van der Waals surface area contributed by atoms with Crippen molar-refractivity contribution in [2.24, 2.45) is 0 Å². The van der Waals surface area contributed by atoms with Crippen LogP contribution in [0.2, 0.25) is 5.02 Å². The molecular formula is C20H16ClNO2. The van der Waals surface area contributed by atoms with Crippen LogP contribution in [0.15, 0.2) is 72.8 Å². The molecule has 0 saturated carbocycles. The Hall–Kier alpha value is -2.78. The third kappa shape index (κ3) is 3.42. The number of halogens is 1. The van der Waals surface area contributed by atoms with Gasteiger partial charge in [-0.1, -0.05) is 72.3 Å². The van der Waals surface area contributed by atoms with Gasteiger partial charge in [0.25, 0.3) is 0 Å². The van der Waals surface area contributed by atoms with Crippen molar-refractivity contribution in [3.05, 3.63) is 77.8 Å². The van der Waals surface area contributed by atoms with Crippen molar-refractivity contribution in [2.75, 3.05) is 12.4 Å². The van der Waals surface area contributed by atoms with E-state index in [1.807, 2.05) is 72.8 Å². The van der Waals surface area contributed by atoms with Crippen molar-refractivity contribution in [2.45, 2.75) is 0 Å². The predicted molar refractivity (Wildman–Crippen MR) is 98.4 cm³/mol. The third-order valence-electron chi connectivity index (χ3n) is 3.72. The molecule has 0 fully saturated rings. The highest BCUT2D eigenvalue weighted by atomic mass is 35.5. The molecule has 4 heteroatoms. The molecule has 3 aromatic rings. The number of hydrogen-bond acceptors (Lipinski definition) is 2. The van der Waals surface area contributed by atoms with Gasteiger partial charge in [0.1, 0.15) is 0 Å². The first-order valence-corrected chi connectivity index (χ1v) is 7.86. The Morgan fingerprint density at radius 2 is 1.42 bits per heavy atom. The summed E-state index contributed by atoms with van der Waals surface area (Å²) in [7, 11) is 1.35. The van der Waals surface area contributed by atoms with E-state index in [0.29, 0.717) is 10.7 Å². The summed E-state index contributed by atoms with van der Waals surface area (Å²) in [6, 6.07) is 23.3. The first-order chi connectivity index (χ1) is 11.7. The molecule has 0 atom stereocenters. The highest BCUT2D eigenvalue weighted by molar-refractivity contribution is 6.30. The second-order valence-corrected chi connectivity index (χ2v) is 5.65. The SMILES string of the molecule is COC(=O)Nc1c(-c2ccccc2)cccc1-c1ccc(Cl)cc1. The molecule has 0 aromatic heterocycles. The van der Waals surface area contributed by atoms with Gasteiger partial charge in [0.2, 0.25) is 0 Å². The minimum Gasteiger partial charge on any atom is -0.453 e. The number of para-hydroxylation sites is 1. The smallest absolute Gasteiger partial charge is 0.411 e. The van der Waals surface area contributed by atoms with Crippen LogP contribution in [0.1, 0.15) is 0 Å². The number of ether oxygens (including phenoxy) is 1. The second kappa shape index (κ2) is 7.20. The highest BCUT2D eigenvalue weighted by Crippen LogP contribution is 2.37. The zero-order valence-corrected chi connectivity index (χ0v) is 13.9. The summed E-state index contributed by atoms with van der Waals surface area (Å²) in [4.78, 5) is 11.8. The van der Waals surface area contributed by atoms with E-state index >= 15 is 0 Å². The van der Waals surface area contributed by atoms with Gasteiger partial charge in [0.15, 0.2) is 0 Å². The summed E-state index contributed by atoms with van der Waals surface area (Å²) < 4.78 is 4.78. The number of rotatable bonds is 3. The fourth-order valence-corrected chi connectivity index (χ4v) is 2.69. The zero-order chi connectivity index (χ0) is 16.9. The maximum Gasteiger partial charge on any atom is 0.411 e. The van der Waals surface area contributed by atoms with E-state index in [4.69, 9.17) is 16.3 Å². The Morgan fingerprint density at radius 3 is 2.00 bits per heavy atom. The molecule has 0 aliphatic heterocycles. The molecule has 24 heavy (non-hydrogen) atoms. The van der Waals surface area contributed by atoms with Gasteiger partial charge in [0, 0.05) is 16.1 Å². The van der Waals surface area contributed by atoms with Crippen LogP contribution in [-0.2, 0) is 4.74 Å². The van der Waals surface area contributed by atoms with Crippen LogP contribution in [0.25, 0.3) is 22.3 Å². The molecular weight excluding hydrogens is 322 g/mol. The summed E-state index contributed by atoms with van der Waals surface area (Å²) in [6.45, 7) is 0. The molecule has 0 spiro atoms. The fourth-order valence-electron chi connectivity index (χ4n) is 2.57. The minimum atomic E-state index is -0.506. The lowest BCUT2D eigenvalue weighted by Crippen LogP contribution is -2.12. The second-order valence-electron chi connectivity index (χ2n) is 5.22. The monoisotopic (exact) mass is 337 g/mol. The lowest BCUT2D eigenvalue weighted by Gasteiger charge is -2.16. The molecule has 1 amide bonds. The van der Waals surface area contributed by atoms with Crippen LogP contribution >= 0.6 is 11.6 Å². The van der Waals surface area contributed by atoms with Gasteiger partial charge in [-0.15, -0.1) is 0 Å². The summed E-state index contributed by atoms with van der Waals surface area (Å²) in [5, 5.41) is 3.51. The molecule has 0 radical (unpaired) electrons. The summed E-state index contributed by atoms with van der Waals surface area (Å²) in [5.74, 6) is 0. The molecule has 1 N–H and O–H groups in total. The van der Waals surface area contributed by atoms with Crippen molar-refractivity contribution in [1.82, 2.24) is 0 Å².